The van der Waals surface area contributed by atoms with Crippen molar-refractivity contribution in [3.8, 4) is 0 Å². The number of rotatable bonds is 7. The van der Waals surface area contributed by atoms with Gasteiger partial charge in [0.1, 0.15) is 5.69 Å². The number of carbonyl (C=O) groups is 2. The number of nitro benzene ring substituents is 1. The molecule has 26 heavy (non-hydrogen) atoms. The van der Waals surface area contributed by atoms with E-state index in [-0.39, 0.29) is 30.5 Å². The van der Waals surface area contributed by atoms with Gasteiger partial charge in [0.25, 0.3) is 11.6 Å². The van der Waals surface area contributed by atoms with Crippen LogP contribution < -0.4 is 10.6 Å². The van der Waals surface area contributed by atoms with Crippen LogP contribution in [0.1, 0.15) is 16.8 Å². The lowest BCUT2D eigenvalue weighted by Gasteiger charge is -2.11. The number of hydrogen-bond donors (Lipinski definition) is 2. The zero-order valence-electron chi connectivity index (χ0n) is 14.6. The van der Waals surface area contributed by atoms with Crippen LogP contribution in [0.4, 0.5) is 17.1 Å². The average Bonchev–Trinajstić information content (AvgIpc) is 2.62. The Kier molecular flexibility index (Phi) is 6.26. The second-order valence-corrected chi connectivity index (χ2v) is 5.78. The predicted octanol–water partition coefficient (Wildman–Crippen LogP) is 2.74. The number of hydrogen-bond acceptors (Lipinski definition) is 5. The molecule has 0 saturated heterocycles. The molecule has 0 bridgehead atoms. The second-order valence-electron chi connectivity index (χ2n) is 5.78. The molecule has 0 radical (unpaired) electrons. The summed E-state index contributed by atoms with van der Waals surface area (Å²) in [6.07, 6.45) is 0.143. The lowest BCUT2D eigenvalue weighted by Crippen LogP contribution is -2.21. The Morgan fingerprint density at radius 2 is 1.73 bits per heavy atom. The molecule has 0 atom stereocenters. The van der Waals surface area contributed by atoms with E-state index in [0.29, 0.717) is 16.9 Å². The van der Waals surface area contributed by atoms with E-state index in [4.69, 9.17) is 0 Å². The van der Waals surface area contributed by atoms with Crippen LogP contribution in [0.3, 0.4) is 0 Å². The summed E-state index contributed by atoms with van der Waals surface area (Å²) in [5, 5.41) is 16.6. The molecule has 0 heterocycles. The first kappa shape index (κ1) is 18.9. The van der Waals surface area contributed by atoms with E-state index in [2.05, 4.69) is 10.6 Å². The van der Waals surface area contributed by atoms with Crippen LogP contribution in [-0.4, -0.2) is 42.3 Å². The van der Waals surface area contributed by atoms with Crippen LogP contribution in [0.5, 0.6) is 0 Å². The monoisotopic (exact) mass is 356 g/mol. The highest BCUT2D eigenvalue weighted by Crippen LogP contribution is 2.22. The van der Waals surface area contributed by atoms with Crippen molar-refractivity contribution >= 4 is 28.9 Å². The van der Waals surface area contributed by atoms with E-state index in [1.807, 2.05) is 0 Å². The molecule has 2 rings (SSSR count). The van der Waals surface area contributed by atoms with Crippen LogP contribution in [0.15, 0.2) is 48.5 Å². The highest BCUT2D eigenvalue weighted by molar-refractivity contribution is 5.95. The van der Waals surface area contributed by atoms with Gasteiger partial charge in [-0.05, 0) is 30.3 Å². The van der Waals surface area contributed by atoms with Gasteiger partial charge in [0, 0.05) is 44.4 Å². The lowest BCUT2D eigenvalue weighted by atomic mass is 10.2. The van der Waals surface area contributed by atoms with Gasteiger partial charge in [0.2, 0.25) is 5.91 Å². The maximum Gasteiger partial charge on any atom is 0.292 e. The summed E-state index contributed by atoms with van der Waals surface area (Å²) in [5.41, 5.74) is 1.45. The average molecular weight is 356 g/mol. The summed E-state index contributed by atoms with van der Waals surface area (Å²) in [7, 11) is 3.34. The molecule has 0 fully saturated rings. The number of para-hydroxylation sites is 2. The molecule has 2 amide bonds. The number of carbonyl (C=O) groups excluding carboxylic acids is 2. The zero-order valence-corrected chi connectivity index (χ0v) is 14.6. The molecule has 2 N–H and O–H groups in total. The highest BCUT2D eigenvalue weighted by atomic mass is 16.6. The molecule has 0 aliphatic heterocycles. The first-order valence-electron chi connectivity index (χ1n) is 7.97. The third-order valence-corrected chi connectivity index (χ3v) is 3.59. The van der Waals surface area contributed by atoms with Gasteiger partial charge in [-0.2, -0.15) is 0 Å². The largest absolute Gasteiger partial charge is 0.379 e. The molecule has 0 saturated carbocycles. The molecule has 2 aromatic rings. The Bertz CT molecular complexity index is 803. The van der Waals surface area contributed by atoms with Crippen molar-refractivity contribution in [3.63, 3.8) is 0 Å². The zero-order chi connectivity index (χ0) is 19.1. The third kappa shape index (κ3) is 5.04. The number of nitrogens with one attached hydrogen (secondary N) is 2. The first-order chi connectivity index (χ1) is 12.4. The van der Waals surface area contributed by atoms with Gasteiger partial charge < -0.3 is 15.5 Å². The normalized spacial score (nSPS) is 10.1. The summed E-state index contributed by atoms with van der Waals surface area (Å²) < 4.78 is 0. The molecule has 0 spiro atoms. The molecule has 2 aromatic carbocycles. The Hall–Kier alpha value is -3.42. The molecule has 0 aliphatic rings. The number of benzene rings is 2. The number of amides is 2. The number of nitro groups is 1. The second kappa shape index (κ2) is 8.61. The molecule has 8 nitrogen and oxygen atoms in total. The van der Waals surface area contributed by atoms with Gasteiger partial charge in [-0.3, -0.25) is 19.7 Å². The smallest absolute Gasteiger partial charge is 0.292 e. The first-order valence-corrected chi connectivity index (χ1v) is 7.97. The van der Waals surface area contributed by atoms with Crippen LogP contribution in [0.25, 0.3) is 0 Å². The molecule has 0 aliphatic carbocycles. The van der Waals surface area contributed by atoms with Crippen LogP contribution in [0, 0.1) is 10.1 Å². The standard InChI is InChI=1S/C18H20N4O4/c1-21(2)18(24)13-7-9-14(10-8-13)20-17(23)11-12-19-15-5-3-4-6-16(15)22(25)26/h3-10,19H,11-12H2,1-2H3,(H,20,23). The Balaban J connectivity index is 1.86. The van der Waals surface area contributed by atoms with Crippen molar-refractivity contribution in [2.75, 3.05) is 31.3 Å². The molecular weight excluding hydrogens is 336 g/mol. The van der Waals surface area contributed by atoms with Crippen molar-refractivity contribution in [1.82, 2.24) is 4.90 Å². The fraction of sp³-hybridized carbons (Fsp3) is 0.222. The van der Waals surface area contributed by atoms with Crippen LogP contribution >= 0.6 is 0 Å². The minimum atomic E-state index is -0.473. The van der Waals surface area contributed by atoms with E-state index in [9.17, 15) is 19.7 Å². The SMILES string of the molecule is CN(C)C(=O)c1ccc(NC(=O)CCNc2ccccc2[N+](=O)[O-])cc1. The maximum absolute atomic E-state index is 12.0. The van der Waals surface area contributed by atoms with Gasteiger partial charge in [-0.25, -0.2) is 0 Å². The maximum atomic E-state index is 12.0. The predicted molar refractivity (Wildman–Crippen MR) is 99.3 cm³/mol. The van der Waals surface area contributed by atoms with Gasteiger partial charge >= 0.3 is 0 Å². The Morgan fingerprint density at radius 1 is 1.08 bits per heavy atom. The topological polar surface area (TPSA) is 105 Å². The van der Waals surface area contributed by atoms with Gasteiger partial charge in [0.15, 0.2) is 0 Å². The van der Waals surface area contributed by atoms with E-state index < -0.39 is 4.92 Å². The summed E-state index contributed by atoms with van der Waals surface area (Å²) in [4.78, 5) is 35.7. The van der Waals surface area contributed by atoms with Gasteiger partial charge in [0.05, 0.1) is 4.92 Å². The fourth-order valence-corrected chi connectivity index (χ4v) is 2.27. The summed E-state index contributed by atoms with van der Waals surface area (Å²) in [6.45, 7) is 0.258. The van der Waals surface area contributed by atoms with Crippen LogP contribution in [0.2, 0.25) is 0 Å². The van der Waals surface area contributed by atoms with E-state index in [1.165, 1.54) is 11.0 Å². The molecule has 8 heteroatoms. The van der Waals surface area contributed by atoms with Crippen molar-refractivity contribution in [2.45, 2.75) is 6.42 Å². The van der Waals surface area contributed by atoms with Crippen molar-refractivity contribution in [3.05, 3.63) is 64.2 Å². The number of nitrogens with zero attached hydrogens (tertiary/aromatic N) is 2. The number of anilines is 2. The Labute approximate surface area is 151 Å². The van der Waals surface area contributed by atoms with Crippen molar-refractivity contribution < 1.29 is 14.5 Å². The quantitative estimate of drug-likeness (QED) is 0.586. The van der Waals surface area contributed by atoms with Crippen molar-refractivity contribution in [1.29, 1.82) is 0 Å². The summed E-state index contributed by atoms with van der Waals surface area (Å²) in [5.74, 6) is -0.348. The fourth-order valence-electron chi connectivity index (χ4n) is 2.27. The molecular formula is C18H20N4O4. The van der Waals surface area contributed by atoms with Crippen LogP contribution in [-0.2, 0) is 4.79 Å². The summed E-state index contributed by atoms with van der Waals surface area (Å²) in [6, 6.07) is 12.9. The highest BCUT2D eigenvalue weighted by Gasteiger charge is 2.12. The van der Waals surface area contributed by atoms with Gasteiger partial charge in [-0.1, -0.05) is 12.1 Å². The minimum Gasteiger partial charge on any atom is -0.379 e. The lowest BCUT2D eigenvalue weighted by molar-refractivity contribution is -0.384. The third-order valence-electron chi connectivity index (χ3n) is 3.59. The van der Waals surface area contributed by atoms with Gasteiger partial charge in [-0.15, -0.1) is 0 Å². The summed E-state index contributed by atoms with van der Waals surface area (Å²) >= 11 is 0. The Morgan fingerprint density at radius 3 is 2.35 bits per heavy atom. The molecule has 0 aromatic heterocycles. The minimum absolute atomic E-state index is 0.0333. The molecule has 0 unspecified atom stereocenters. The van der Waals surface area contributed by atoms with E-state index >= 15 is 0 Å². The molecule has 136 valence electrons. The van der Waals surface area contributed by atoms with Crippen molar-refractivity contribution in [2.24, 2.45) is 0 Å². The van der Waals surface area contributed by atoms with E-state index in [1.54, 1.807) is 56.6 Å². The van der Waals surface area contributed by atoms with E-state index in [0.717, 1.165) is 0 Å².